The monoisotopic (exact) mass is 574 g/mol. The summed E-state index contributed by atoms with van der Waals surface area (Å²) >= 11 is 0. The summed E-state index contributed by atoms with van der Waals surface area (Å²) in [5, 5.41) is 6.34. The summed E-state index contributed by atoms with van der Waals surface area (Å²) in [6.45, 7) is 2.46. The summed E-state index contributed by atoms with van der Waals surface area (Å²) < 4.78 is 0. The summed E-state index contributed by atoms with van der Waals surface area (Å²) in [5.41, 5.74) is 0. The smallest absolute Gasteiger partial charge is 1.00 e. The van der Waals surface area contributed by atoms with Gasteiger partial charge in [-0.3, -0.25) is 0 Å². The van der Waals surface area contributed by atoms with Gasteiger partial charge < -0.3 is 24.8 Å². The van der Waals surface area contributed by atoms with E-state index in [9.17, 15) is 0 Å². The fourth-order valence-corrected chi connectivity index (χ4v) is 10.5. The van der Waals surface area contributed by atoms with Gasteiger partial charge in [-0.2, -0.15) is 0 Å². The Kier molecular flexibility index (Phi) is 12.8. The van der Waals surface area contributed by atoms with E-state index < -0.39 is 15.8 Å². The van der Waals surface area contributed by atoms with Crippen molar-refractivity contribution < 1.29 is 45.2 Å². The first-order chi connectivity index (χ1) is 13.8. The number of hydrogen-bond donors (Lipinski definition) is 0. The van der Waals surface area contributed by atoms with Crippen molar-refractivity contribution in [2.24, 2.45) is 0 Å². The Labute approximate surface area is 214 Å². The van der Waals surface area contributed by atoms with E-state index in [0.717, 1.165) is 0 Å². The Bertz CT molecular complexity index is 825. The minimum absolute atomic E-state index is 0. The third-order valence-corrected chi connectivity index (χ3v) is 11.2. The molecule has 0 saturated heterocycles. The molecule has 5 heteroatoms. The van der Waals surface area contributed by atoms with Crippen LogP contribution in [0.15, 0.2) is 121 Å². The molecule has 0 unspecified atom stereocenters. The molecule has 0 aromatic heterocycles. The molecule has 0 aliphatic rings. The second-order valence-corrected chi connectivity index (χ2v) is 12.2. The first kappa shape index (κ1) is 28.0. The van der Waals surface area contributed by atoms with Crippen LogP contribution in [-0.2, 0) is 20.4 Å². The molecule has 4 rings (SSSR count). The second-order valence-electron chi connectivity index (χ2n) is 6.71. The maximum atomic E-state index is 2.46. The largest absolute Gasteiger partial charge is 2.00 e. The summed E-state index contributed by atoms with van der Waals surface area (Å²) in [5.74, 6) is 0. The fourth-order valence-electron chi connectivity index (χ4n) is 3.63. The number of halogens is 2. The molecule has 0 fully saturated rings. The van der Waals surface area contributed by atoms with Crippen molar-refractivity contribution in [1.29, 1.82) is 0 Å². The van der Waals surface area contributed by atoms with Gasteiger partial charge in [0, 0.05) is 5.40 Å². The van der Waals surface area contributed by atoms with Gasteiger partial charge in [0.25, 0.3) is 0 Å². The Balaban J connectivity index is 0.00000160. The molecular formula is C26H24Cl2P2Pd. The second kappa shape index (κ2) is 14.2. The van der Waals surface area contributed by atoms with Crippen molar-refractivity contribution in [3.8, 4) is 0 Å². The van der Waals surface area contributed by atoms with Crippen molar-refractivity contribution in [2.45, 2.75) is 12.3 Å². The zero-order valence-electron chi connectivity index (χ0n) is 17.1. The predicted molar refractivity (Wildman–Crippen MR) is 128 cm³/mol. The van der Waals surface area contributed by atoms with Crippen molar-refractivity contribution in [3.63, 3.8) is 0 Å². The predicted octanol–water partition coefficient (Wildman–Crippen LogP) is -0.396. The minimum atomic E-state index is -0.470. The van der Waals surface area contributed by atoms with Crippen LogP contribution in [0, 0.1) is 0 Å². The maximum Gasteiger partial charge on any atom is 2.00 e. The standard InChI is InChI=1S/C26H24P2.2ClH.Pd/c1-22(27(23-14-6-2-7-15-23)24-16-8-3-9-17-24)28(25-18-10-4-11-19-25)26-20-12-5-13-21-26;;;/h2-22H,1H3;2*1H;/q;;;+2/p-2. The van der Waals surface area contributed by atoms with Crippen LogP contribution >= 0.6 is 15.8 Å². The van der Waals surface area contributed by atoms with Crippen LogP contribution in [0.25, 0.3) is 0 Å². The van der Waals surface area contributed by atoms with Crippen LogP contribution in [0.5, 0.6) is 0 Å². The van der Waals surface area contributed by atoms with Crippen molar-refractivity contribution in [1.82, 2.24) is 0 Å². The van der Waals surface area contributed by atoms with Crippen molar-refractivity contribution in [2.75, 3.05) is 0 Å². The molecule has 162 valence electrons. The third-order valence-electron chi connectivity index (χ3n) is 4.88. The van der Waals surface area contributed by atoms with E-state index in [0.29, 0.717) is 5.40 Å². The molecule has 0 N–H and O–H groups in total. The molecule has 4 aromatic rings. The van der Waals surface area contributed by atoms with E-state index in [-0.39, 0.29) is 45.2 Å². The first-order valence-electron chi connectivity index (χ1n) is 9.63. The van der Waals surface area contributed by atoms with Crippen LogP contribution in [0.2, 0.25) is 0 Å². The minimum Gasteiger partial charge on any atom is -1.00 e. The van der Waals surface area contributed by atoms with Crippen molar-refractivity contribution in [3.05, 3.63) is 121 Å². The number of benzene rings is 4. The van der Waals surface area contributed by atoms with Gasteiger partial charge >= 0.3 is 20.4 Å². The topological polar surface area (TPSA) is 0 Å². The first-order valence-corrected chi connectivity index (χ1v) is 12.5. The van der Waals surface area contributed by atoms with E-state index in [4.69, 9.17) is 0 Å². The Morgan fingerprint density at radius 2 is 0.613 bits per heavy atom. The van der Waals surface area contributed by atoms with Gasteiger partial charge in [0.05, 0.1) is 0 Å². The Morgan fingerprint density at radius 1 is 0.419 bits per heavy atom. The van der Waals surface area contributed by atoms with Gasteiger partial charge in [0.1, 0.15) is 0 Å². The molecule has 0 bridgehead atoms. The SMILES string of the molecule is CC(P(c1ccccc1)c1ccccc1)P(c1ccccc1)c1ccccc1.[Cl-].[Cl-].[Pd+2]. The van der Waals surface area contributed by atoms with Gasteiger partial charge in [-0.25, -0.2) is 0 Å². The zero-order chi connectivity index (χ0) is 19.2. The van der Waals surface area contributed by atoms with E-state index in [1.165, 1.54) is 21.2 Å². The van der Waals surface area contributed by atoms with Gasteiger partial charge in [-0.15, -0.1) is 0 Å². The molecule has 0 saturated carbocycles. The average molecular weight is 576 g/mol. The third kappa shape index (κ3) is 6.98. The molecule has 0 atom stereocenters. The van der Waals surface area contributed by atoms with Crippen LogP contribution in [0.4, 0.5) is 0 Å². The molecule has 0 aliphatic carbocycles. The fraction of sp³-hybridized carbons (Fsp3) is 0.0769. The Morgan fingerprint density at radius 3 is 0.806 bits per heavy atom. The molecule has 0 radical (unpaired) electrons. The molecule has 4 aromatic carbocycles. The Hall–Kier alpha value is -1.02. The van der Waals surface area contributed by atoms with E-state index in [1.54, 1.807) is 0 Å². The quantitative estimate of drug-likeness (QED) is 0.217. The summed E-state index contributed by atoms with van der Waals surface area (Å²) in [4.78, 5) is 0. The van der Waals surface area contributed by atoms with Crippen LogP contribution < -0.4 is 46.0 Å². The van der Waals surface area contributed by atoms with E-state index in [2.05, 4.69) is 128 Å². The molecule has 0 spiro atoms. The summed E-state index contributed by atoms with van der Waals surface area (Å²) in [7, 11) is -0.940. The number of hydrogen-bond acceptors (Lipinski definition) is 0. The van der Waals surface area contributed by atoms with Gasteiger partial charge in [-0.1, -0.05) is 128 Å². The molecule has 0 nitrogen and oxygen atoms in total. The molecule has 0 amide bonds. The average Bonchev–Trinajstić information content (AvgIpc) is 2.77. The van der Waals surface area contributed by atoms with Gasteiger partial charge in [0.2, 0.25) is 0 Å². The maximum absolute atomic E-state index is 2.46. The van der Waals surface area contributed by atoms with E-state index in [1.807, 2.05) is 0 Å². The molecule has 0 aliphatic heterocycles. The summed E-state index contributed by atoms with van der Waals surface area (Å²) in [6.07, 6.45) is 0. The molecule has 0 heterocycles. The van der Waals surface area contributed by atoms with Crippen LogP contribution in [-0.4, -0.2) is 5.40 Å². The van der Waals surface area contributed by atoms with Gasteiger partial charge in [0.15, 0.2) is 0 Å². The summed E-state index contributed by atoms with van der Waals surface area (Å²) in [6, 6.07) is 44.3. The molecular weight excluding hydrogens is 552 g/mol. The van der Waals surface area contributed by atoms with E-state index >= 15 is 0 Å². The zero-order valence-corrected chi connectivity index (χ0v) is 21.9. The van der Waals surface area contributed by atoms with Crippen molar-refractivity contribution >= 4 is 37.1 Å². The number of rotatable bonds is 6. The molecule has 31 heavy (non-hydrogen) atoms. The van der Waals surface area contributed by atoms with Gasteiger partial charge in [-0.05, 0) is 37.1 Å². The normalized spacial score (nSPS) is 10.2. The van der Waals surface area contributed by atoms with Crippen LogP contribution in [0.1, 0.15) is 6.92 Å². The van der Waals surface area contributed by atoms with Crippen LogP contribution in [0.3, 0.4) is 0 Å².